The van der Waals surface area contributed by atoms with Crippen LogP contribution >= 0.6 is 11.6 Å². The number of allylic oxidation sites excluding steroid dienone is 1. The molecule has 0 amide bonds. The Hall–Kier alpha value is -1.84. The largest absolute Gasteiger partial charge is 0.207 e. The van der Waals surface area contributed by atoms with Crippen molar-refractivity contribution in [3.05, 3.63) is 39.7 Å². The molecular weight excluding hydrogens is 215 g/mol. The van der Waals surface area contributed by atoms with E-state index in [1.165, 1.54) is 12.1 Å². The Balaban J connectivity index is 3.30. The highest BCUT2D eigenvalue weighted by molar-refractivity contribution is 6.32. The Morgan fingerprint density at radius 3 is 2.53 bits per heavy atom. The predicted molar refractivity (Wildman–Crippen MR) is 55.4 cm³/mol. The summed E-state index contributed by atoms with van der Waals surface area (Å²) >= 11 is 5.76. The van der Waals surface area contributed by atoms with E-state index in [9.17, 15) is 4.39 Å². The highest BCUT2D eigenvalue weighted by Gasteiger charge is 2.04. The lowest BCUT2D eigenvalue weighted by Gasteiger charge is -2.01. The zero-order valence-corrected chi connectivity index (χ0v) is 8.64. The Morgan fingerprint density at radius 2 is 2.00 bits per heavy atom. The summed E-state index contributed by atoms with van der Waals surface area (Å²) in [6.45, 7) is 1.58. The van der Waals surface area contributed by atoms with Crippen molar-refractivity contribution in [3.63, 3.8) is 0 Å². The summed E-state index contributed by atoms with van der Waals surface area (Å²) in [5.74, 6) is -0.410. The molecule has 0 fully saturated rings. The predicted octanol–water partition coefficient (Wildman–Crippen LogP) is 3.22. The normalized spacial score (nSPS) is 8.87. The van der Waals surface area contributed by atoms with Gasteiger partial charge in [0.05, 0.1) is 5.02 Å². The Bertz CT molecular complexity index is 491. The van der Waals surface area contributed by atoms with E-state index >= 15 is 0 Å². The maximum atomic E-state index is 13.0. The number of nitrogens with zero attached hydrogens (tertiary/aromatic N) is 2. The van der Waals surface area contributed by atoms with Crippen LogP contribution in [-0.2, 0) is 0 Å². The number of hydrogen-bond donors (Lipinski definition) is 0. The highest BCUT2D eigenvalue weighted by atomic mass is 35.5. The van der Waals surface area contributed by atoms with Crippen molar-refractivity contribution >= 4 is 17.7 Å². The lowest BCUT2D eigenvalue weighted by atomic mass is 10.1. The van der Waals surface area contributed by atoms with Crippen LogP contribution in [0.15, 0.2) is 17.7 Å². The number of benzene rings is 1. The average Bonchev–Trinajstić information content (AvgIpc) is 2.21. The first-order valence-corrected chi connectivity index (χ1v) is 4.44. The van der Waals surface area contributed by atoms with Gasteiger partial charge in [0.15, 0.2) is 0 Å². The second kappa shape index (κ2) is 4.59. The highest BCUT2D eigenvalue weighted by Crippen LogP contribution is 2.22. The SMILES string of the molecule is Cc1cc(C=C(C#N)C#N)c(Cl)cc1F. The number of halogens is 2. The van der Waals surface area contributed by atoms with Crippen molar-refractivity contribution < 1.29 is 4.39 Å². The van der Waals surface area contributed by atoms with Gasteiger partial charge in [-0.05, 0) is 36.3 Å². The molecule has 0 bridgehead atoms. The van der Waals surface area contributed by atoms with Crippen molar-refractivity contribution in [3.8, 4) is 12.1 Å². The Labute approximate surface area is 91.8 Å². The first-order chi connectivity index (χ1) is 7.08. The topological polar surface area (TPSA) is 47.6 Å². The molecule has 0 unspecified atom stereocenters. The second-order valence-corrected chi connectivity index (χ2v) is 3.31. The van der Waals surface area contributed by atoms with Crippen LogP contribution in [0, 0.1) is 35.4 Å². The third-order valence-electron chi connectivity index (χ3n) is 1.82. The van der Waals surface area contributed by atoms with E-state index in [-0.39, 0.29) is 10.6 Å². The van der Waals surface area contributed by atoms with Gasteiger partial charge in [-0.1, -0.05) is 11.6 Å². The molecule has 0 saturated heterocycles. The number of aryl methyl sites for hydroxylation is 1. The summed E-state index contributed by atoms with van der Waals surface area (Å²) < 4.78 is 13.0. The van der Waals surface area contributed by atoms with Crippen molar-refractivity contribution in [1.29, 1.82) is 10.5 Å². The summed E-state index contributed by atoms with van der Waals surface area (Å²) in [6, 6.07) is 6.07. The molecule has 1 aromatic rings. The molecule has 0 saturated carbocycles. The van der Waals surface area contributed by atoms with Crippen molar-refractivity contribution in [2.24, 2.45) is 0 Å². The fraction of sp³-hybridized carbons (Fsp3) is 0.0909. The lowest BCUT2D eigenvalue weighted by molar-refractivity contribution is 0.618. The van der Waals surface area contributed by atoms with Crippen LogP contribution in [0.1, 0.15) is 11.1 Å². The lowest BCUT2D eigenvalue weighted by Crippen LogP contribution is -1.86. The van der Waals surface area contributed by atoms with Gasteiger partial charge in [-0.25, -0.2) is 4.39 Å². The maximum Gasteiger partial charge on any atom is 0.130 e. The number of rotatable bonds is 1. The monoisotopic (exact) mass is 220 g/mol. The van der Waals surface area contributed by atoms with Crippen LogP contribution in [0.2, 0.25) is 5.02 Å². The van der Waals surface area contributed by atoms with Crippen molar-refractivity contribution in [1.82, 2.24) is 0 Å². The van der Waals surface area contributed by atoms with Gasteiger partial charge in [-0.15, -0.1) is 0 Å². The Morgan fingerprint density at radius 1 is 1.40 bits per heavy atom. The minimum Gasteiger partial charge on any atom is -0.207 e. The van der Waals surface area contributed by atoms with Gasteiger partial charge in [0.25, 0.3) is 0 Å². The average molecular weight is 221 g/mol. The van der Waals surface area contributed by atoms with Crippen LogP contribution in [-0.4, -0.2) is 0 Å². The van der Waals surface area contributed by atoms with Crippen molar-refractivity contribution in [2.45, 2.75) is 6.92 Å². The standard InChI is InChI=1S/C11H6ClFN2/c1-7-2-9(3-8(5-14)6-15)10(12)4-11(7)13/h2-4H,1H3. The Kier molecular flexibility index (Phi) is 3.44. The van der Waals surface area contributed by atoms with Gasteiger partial charge in [-0.2, -0.15) is 10.5 Å². The molecule has 4 heteroatoms. The van der Waals surface area contributed by atoms with Gasteiger partial charge in [0, 0.05) is 0 Å². The molecule has 1 rings (SSSR count). The number of nitriles is 2. The molecule has 0 atom stereocenters. The summed E-state index contributed by atoms with van der Waals surface area (Å²) in [5, 5.41) is 17.3. The van der Waals surface area contributed by atoms with Gasteiger partial charge >= 0.3 is 0 Å². The van der Waals surface area contributed by atoms with E-state index < -0.39 is 5.82 Å². The van der Waals surface area contributed by atoms with Gasteiger partial charge in [0.1, 0.15) is 23.5 Å². The summed E-state index contributed by atoms with van der Waals surface area (Å²) in [5.41, 5.74) is 0.817. The first kappa shape index (κ1) is 11.2. The summed E-state index contributed by atoms with van der Waals surface area (Å²) in [7, 11) is 0. The van der Waals surface area contributed by atoms with E-state index in [0.717, 1.165) is 6.07 Å². The van der Waals surface area contributed by atoms with Crippen LogP contribution in [0.25, 0.3) is 6.08 Å². The van der Waals surface area contributed by atoms with E-state index in [1.54, 1.807) is 19.1 Å². The van der Waals surface area contributed by atoms with E-state index in [1.807, 2.05) is 0 Å². The minimum atomic E-state index is -0.410. The molecule has 0 heterocycles. The molecule has 0 N–H and O–H groups in total. The van der Waals surface area contributed by atoms with Crippen LogP contribution in [0.4, 0.5) is 4.39 Å². The quantitative estimate of drug-likeness (QED) is 0.683. The molecule has 0 aliphatic carbocycles. The number of hydrogen-bond acceptors (Lipinski definition) is 2. The zero-order chi connectivity index (χ0) is 11.4. The van der Waals surface area contributed by atoms with Gasteiger partial charge in [0.2, 0.25) is 0 Å². The molecule has 2 nitrogen and oxygen atoms in total. The van der Waals surface area contributed by atoms with Crippen molar-refractivity contribution in [2.75, 3.05) is 0 Å². The fourth-order valence-corrected chi connectivity index (χ4v) is 1.24. The fourth-order valence-electron chi connectivity index (χ4n) is 1.04. The minimum absolute atomic E-state index is 0.0668. The maximum absolute atomic E-state index is 13.0. The summed E-state index contributed by atoms with van der Waals surface area (Å²) in [6.07, 6.45) is 1.33. The third kappa shape index (κ3) is 2.56. The molecule has 0 aromatic heterocycles. The molecule has 1 aromatic carbocycles. The molecule has 74 valence electrons. The zero-order valence-electron chi connectivity index (χ0n) is 7.88. The summed E-state index contributed by atoms with van der Waals surface area (Å²) in [4.78, 5) is 0. The van der Waals surface area contributed by atoms with E-state index in [2.05, 4.69) is 0 Å². The van der Waals surface area contributed by atoms with Crippen LogP contribution in [0.3, 0.4) is 0 Å². The van der Waals surface area contributed by atoms with Gasteiger partial charge in [-0.3, -0.25) is 0 Å². The molecule has 0 spiro atoms. The van der Waals surface area contributed by atoms with E-state index in [0.29, 0.717) is 11.1 Å². The van der Waals surface area contributed by atoms with E-state index in [4.69, 9.17) is 22.1 Å². The third-order valence-corrected chi connectivity index (χ3v) is 2.15. The molecule has 0 aliphatic rings. The smallest absolute Gasteiger partial charge is 0.130 e. The second-order valence-electron chi connectivity index (χ2n) is 2.90. The van der Waals surface area contributed by atoms with Crippen LogP contribution < -0.4 is 0 Å². The van der Waals surface area contributed by atoms with Gasteiger partial charge < -0.3 is 0 Å². The molecule has 0 aliphatic heterocycles. The first-order valence-electron chi connectivity index (χ1n) is 4.06. The molecule has 15 heavy (non-hydrogen) atoms. The molecule has 0 radical (unpaired) electrons. The van der Waals surface area contributed by atoms with Crippen LogP contribution in [0.5, 0.6) is 0 Å². The molecular formula is C11H6ClFN2.